The number of hydrogen-bond acceptors (Lipinski definition) is 2. The van der Waals surface area contributed by atoms with Crippen LogP contribution in [0.5, 0.6) is 0 Å². The predicted octanol–water partition coefficient (Wildman–Crippen LogP) is 6.80. The molecule has 1 N–H and O–H groups in total. The lowest BCUT2D eigenvalue weighted by Gasteiger charge is -2.36. The number of nitrogens with zero attached hydrogens (tertiary/aromatic N) is 1. The summed E-state index contributed by atoms with van der Waals surface area (Å²) in [4.78, 5) is 2.60. The molecule has 1 fully saturated rings. The fourth-order valence-electron chi connectivity index (χ4n) is 4.43. The second kappa shape index (κ2) is 9.36. The molecule has 1 saturated heterocycles. The van der Waals surface area contributed by atoms with E-state index >= 15 is 0 Å². The van der Waals surface area contributed by atoms with Gasteiger partial charge in [0.05, 0.1) is 0 Å². The second-order valence-corrected chi connectivity index (χ2v) is 9.44. The van der Waals surface area contributed by atoms with Gasteiger partial charge in [0.25, 0.3) is 0 Å². The fraction of sp³-hybridized carbons (Fsp3) is 0.333. The maximum atomic E-state index is 3.58. The third-order valence-corrected chi connectivity index (χ3v) is 6.98. The number of rotatable bonds is 5. The molecule has 1 aliphatic heterocycles. The summed E-state index contributed by atoms with van der Waals surface area (Å²) in [6.45, 7) is 9.76. The lowest BCUT2D eigenvalue weighted by Crippen LogP contribution is -2.43. The molecule has 0 unspecified atom stereocenters. The molecule has 1 aliphatic rings. The van der Waals surface area contributed by atoms with Gasteiger partial charge in [-0.3, -0.25) is 0 Å². The number of nitrogens with one attached hydrogen (secondary N) is 1. The van der Waals surface area contributed by atoms with Gasteiger partial charge in [0.1, 0.15) is 0 Å². The zero-order valence-electron chi connectivity index (χ0n) is 18.2. The molecule has 0 atom stereocenters. The molecular weight excluding hydrogens is 432 g/mol. The molecule has 0 radical (unpaired) electrons. The predicted molar refractivity (Wildman–Crippen MR) is 132 cm³/mol. The number of anilines is 1. The number of halogens is 1. The molecule has 0 amide bonds. The molecule has 0 aliphatic carbocycles. The van der Waals surface area contributed by atoms with Gasteiger partial charge in [0.2, 0.25) is 0 Å². The Bertz CT molecular complexity index is 981. The van der Waals surface area contributed by atoms with E-state index < -0.39 is 0 Å². The Balaban J connectivity index is 1.65. The summed E-state index contributed by atoms with van der Waals surface area (Å²) >= 11 is 3.58. The highest BCUT2D eigenvalue weighted by Crippen LogP contribution is 2.29. The van der Waals surface area contributed by atoms with E-state index in [0.717, 1.165) is 24.1 Å². The first-order chi connectivity index (χ1) is 14.5. The highest BCUT2D eigenvalue weighted by Gasteiger charge is 2.21. The molecule has 0 saturated carbocycles. The summed E-state index contributed by atoms with van der Waals surface area (Å²) < 4.78 is 1.13. The Morgan fingerprint density at radius 1 is 0.867 bits per heavy atom. The average molecular weight is 463 g/mol. The Morgan fingerprint density at radius 2 is 1.53 bits per heavy atom. The molecule has 3 heteroatoms. The van der Waals surface area contributed by atoms with Gasteiger partial charge in [0, 0.05) is 22.7 Å². The standard InChI is InChI=1S/C27H31BrN2/c1-19-15-24(16-20(2)21(19)3)23-6-4-5-22(17-23)18-30(27-11-13-29-14-12-27)26-9-7-25(28)8-10-26/h4-10,15-17,27,29H,11-14,18H2,1-3H3. The van der Waals surface area contributed by atoms with E-state index in [2.05, 4.69) is 108 Å². The van der Waals surface area contributed by atoms with Crippen LogP contribution < -0.4 is 10.2 Å². The van der Waals surface area contributed by atoms with E-state index in [9.17, 15) is 0 Å². The quantitative estimate of drug-likeness (QED) is 0.448. The van der Waals surface area contributed by atoms with Crippen LogP contribution in [0.25, 0.3) is 11.1 Å². The van der Waals surface area contributed by atoms with E-state index in [4.69, 9.17) is 0 Å². The number of aryl methyl sites for hydroxylation is 2. The van der Waals surface area contributed by atoms with Crippen molar-refractivity contribution in [2.45, 2.75) is 46.2 Å². The topological polar surface area (TPSA) is 15.3 Å². The minimum atomic E-state index is 0.569. The van der Waals surface area contributed by atoms with Crippen molar-refractivity contribution >= 4 is 21.6 Å². The second-order valence-electron chi connectivity index (χ2n) is 8.52. The van der Waals surface area contributed by atoms with Gasteiger partial charge < -0.3 is 10.2 Å². The van der Waals surface area contributed by atoms with Gasteiger partial charge >= 0.3 is 0 Å². The van der Waals surface area contributed by atoms with E-state index in [1.54, 1.807) is 0 Å². The summed E-state index contributed by atoms with van der Waals surface area (Å²) in [7, 11) is 0. The first kappa shape index (κ1) is 21.1. The third kappa shape index (κ3) is 4.79. The van der Waals surface area contributed by atoms with Crippen molar-refractivity contribution in [3.05, 3.63) is 87.4 Å². The van der Waals surface area contributed by atoms with Crippen molar-refractivity contribution in [3.63, 3.8) is 0 Å². The van der Waals surface area contributed by atoms with Crippen molar-refractivity contribution in [2.75, 3.05) is 18.0 Å². The van der Waals surface area contributed by atoms with Crippen molar-refractivity contribution in [1.29, 1.82) is 0 Å². The molecule has 0 spiro atoms. The molecular formula is C27H31BrN2. The van der Waals surface area contributed by atoms with Gasteiger partial charge in [-0.2, -0.15) is 0 Å². The summed E-state index contributed by atoms with van der Waals surface area (Å²) in [5, 5.41) is 3.51. The Kier molecular flexibility index (Phi) is 6.60. The van der Waals surface area contributed by atoms with E-state index in [0.29, 0.717) is 6.04 Å². The molecule has 4 rings (SSSR count). The minimum Gasteiger partial charge on any atom is -0.364 e. The van der Waals surface area contributed by atoms with Crippen LogP contribution in [-0.4, -0.2) is 19.1 Å². The van der Waals surface area contributed by atoms with E-state index in [1.165, 1.54) is 51.9 Å². The van der Waals surface area contributed by atoms with E-state index in [-0.39, 0.29) is 0 Å². The van der Waals surface area contributed by atoms with Gasteiger partial charge in [-0.15, -0.1) is 0 Å². The molecule has 3 aromatic carbocycles. The van der Waals surface area contributed by atoms with Crippen LogP contribution >= 0.6 is 15.9 Å². The maximum Gasteiger partial charge on any atom is 0.0432 e. The molecule has 156 valence electrons. The third-order valence-electron chi connectivity index (χ3n) is 6.45. The van der Waals surface area contributed by atoms with Gasteiger partial charge in [-0.1, -0.05) is 46.3 Å². The van der Waals surface area contributed by atoms with Crippen molar-refractivity contribution in [2.24, 2.45) is 0 Å². The van der Waals surface area contributed by atoms with Crippen molar-refractivity contribution in [3.8, 4) is 11.1 Å². The SMILES string of the molecule is Cc1cc(-c2cccc(CN(c3ccc(Br)cc3)C3CCNCC3)c2)cc(C)c1C. The normalized spacial score (nSPS) is 14.7. The smallest absolute Gasteiger partial charge is 0.0432 e. The Labute approximate surface area is 189 Å². The first-order valence-electron chi connectivity index (χ1n) is 10.9. The van der Waals surface area contributed by atoms with Crippen LogP contribution in [0, 0.1) is 20.8 Å². The number of benzene rings is 3. The van der Waals surface area contributed by atoms with Crippen LogP contribution in [-0.2, 0) is 6.54 Å². The summed E-state index contributed by atoms with van der Waals surface area (Å²) in [6.07, 6.45) is 2.37. The minimum absolute atomic E-state index is 0.569. The molecule has 3 aromatic rings. The van der Waals surface area contributed by atoms with Gasteiger partial charge in [-0.25, -0.2) is 0 Å². The molecule has 2 nitrogen and oxygen atoms in total. The molecule has 1 heterocycles. The van der Waals surface area contributed by atoms with Crippen LogP contribution in [0.3, 0.4) is 0 Å². The van der Waals surface area contributed by atoms with Crippen LogP contribution in [0.4, 0.5) is 5.69 Å². The highest BCUT2D eigenvalue weighted by atomic mass is 79.9. The molecule has 0 aromatic heterocycles. The van der Waals surface area contributed by atoms with Crippen molar-refractivity contribution < 1.29 is 0 Å². The lowest BCUT2D eigenvalue weighted by atomic mass is 9.95. The highest BCUT2D eigenvalue weighted by molar-refractivity contribution is 9.10. The Hall–Kier alpha value is -2.10. The number of piperidine rings is 1. The van der Waals surface area contributed by atoms with Crippen LogP contribution in [0.15, 0.2) is 65.1 Å². The molecule has 0 bridgehead atoms. The Morgan fingerprint density at radius 3 is 2.20 bits per heavy atom. The average Bonchev–Trinajstić information content (AvgIpc) is 2.77. The first-order valence-corrected chi connectivity index (χ1v) is 11.7. The zero-order chi connectivity index (χ0) is 21.1. The lowest BCUT2D eigenvalue weighted by molar-refractivity contribution is 0.428. The largest absolute Gasteiger partial charge is 0.364 e. The van der Waals surface area contributed by atoms with Gasteiger partial charge in [-0.05, 0) is 110 Å². The number of hydrogen-bond donors (Lipinski definition) is 1. The monoisotopic (exact) mass is 462 g/mol. The summed E-state index contributed by atoms with van der Waals surface area (Å²) in [5.41, 5.74) is 9.40. The van der Waals surface area contributed by atoms with Gasteiger partial charge in [0.15, 0.2) is 0 Å². The van der Waals surface area contributed by atoms with Crippen molar-refractivity contribution in [1.82, 2.24) is 5.32 Å². The van der Waals surface area contributed by atoms with Crippen LogP contribution in [0.1, 0.15) is 35.1 Å². The molecule has 30 heavy (non-hydrogen) atoms. The maximum absolute atomic E-state index is 3.58. The zero-order valence-corrected chi connectivity index (χ0v) is 19.8. The summed E-state index contributed by atoms with van der Waals surface area (Å²) in [5.74, 6) is 0. The fourth-order valence-corrected chi connectivity index (χ4v) is 4.69. The van der Waals surface area contributed by atoms with E-state index in [1.807, 2.05) is 0 Å². The van der Waals surface area contributed by atoms with Crippen LogP contribution in [0.2, 0.25) is 0 Å². The summed E-state index contributed by atoms with van der Waals surface area (Å²) in [6, 6.07) is 23.1.